The van der Waals surface area contributed by atoms with Crippen LogP contribution in [0, 0.1) is 17.1 Å². The minimum atomic E-state index is -5.20. The Morgan fingerprint density at radius 3 is 2.29 bits per heavy atom. The number of benzene rings is 1. The van der Waals surface area contributed by atoms with Crippen LogP contribution < -0.4 is 4.90 Å². The van der Waals surface area contributed by atoms with Crippen LogP contribution in [0.2, 0.25) is 0 Å². The summed E-state index contributed by atoms with van der Waals surface area (Å²) in [6.07, 6.45) is -0.651. The summed E-state index contributed by atoms with van der Waals surface area (Å²) in [6, 6.07) is 2.86. The van der Waals surface area contributed by atoms with Gasteiger partial charge in [-0.15, -0.1) is 0 Å². The van der Waals surface area contributed by atoms with Crippen LogP contribution in [-0.4, -0.2) is 26.2 Å². The molecular weight excluding hydrogens is 384 g/mol. The molecule has 0 aromatic heterocycles. The highest BCUT2D eigenvalue weighted by Crippen LogP contribution is 2.42. The number of hydrogen-bond donors (Lipinski definition) is 0. The molecule has 0 spiro atoms. The van der Waals surface area contributed by atoms with Crippen molar-refractivity contribution in [3.63, 3.8) is 0 Å². The highest BCUT2D eigenvalue weighted by atomic mass is 19.4. The highest BCUT2D eigenvalue weighted by Gasteiger charge is 2.41. The molecule has 1 aliphatic rings. The fourth-order valence-electron chi connectivity index (χ4n) is 2.51. The number of carbonyl (C=O) groups is 2. The number of allylic oxidation sites excluding steroid dienone is 2. The number of nitrogens with zero attached hydrogens (tertiary/aromatic N) is 2. The number of halogens is 4. The molecule has 6 nitrogen and oxygen atoms in total. The summed E-state index contributed by atoms with van der Waals surface area (Å²) in [5.41, 5.74) is -4.43. The van der Waals surface area contributed by atoms with Crippen molar-refractivity contribution in [3.8, 4) is 6.07 Å². The molecule has 2 rings (SSSR count). The lowest BCUT2D eigenvalue weighted by atomic mass is 10.0. The van der Waals surface area contributed by atoms with Crippen LogP contribution in [0.3, 0.4) is 0 Å². The van der Waals surface area contributed by atoms with E-state index in [1.165, 1.54) is 18.2 Å². The van der Waals surface area contributed by atoms with E-state index in [2.05, 4.69) is 9.47 Å². The van der Waals surface area contributed by atoms with Gasteiger partial charge in [0.15, 0.2) is 0 Å². The molecule has 0 amide bonds. The first-order valence-corrected chi connectivity index (χ1v) is 7.52. The zero-order valence-electron chi connectivity index (χ0n) is 14.5. The third-order valence-corrected chi connectivity index (χ3v) is 3.66. The van der Waals surface area contributed by atoms with Crippen molar-refractivity contribution < 1.29 is 36.6 Å². The summed E-state index contributed by atoms with van der Waals surface area (Å²) in [4.78, 5) is 25.0. The van der Waals surface area contributed by atoms with Gasteiger partial charge >= 0.3 is 18.1 Å². The van der Waals surface area contributed by atoms with Crippen molar-refractivity contribution in [1.82, 2.24) is 0 Å². The van der Waals surface area contributed by atoms with Gasteiger partial charge in [0.25, 0.3) is 0 Å². The van der Waals surface area contributed by atoms with Crippen LogP contribution in [0.1, 0.15) is 11.1 Å². The van der Waals surface area contributed by atoms with Gasteiger partial charge in [0.2, 0.25) is 0 Å². The van der Waals surface area contributed by atoms with E-state index >= 15 is 0 Å². The fourth-order valence-corrected chi connectivity index (χ4v) is 2.51. The minimum Gasteiger partial charge on any atom is -0.465 e. The molecule has 0 aliphatic carbocycles. The number of anilines is 1. The Morgan fingerprint density at radius 1 is 1.11 bits per heavy atom. The number of ether oxygens (including phenoxy) is 2. The molecule has 146 valence electrons. The third-order valence-electron chi connectivity index (χ3n) is 3.66. The van der Waals surface area contributed by atoms with Crippen LogP contribution in [0.4, 0.5) is 23.2 Å². The van der Waals surface area contributed by atoms with E-state index in [-0.39, 0.29) is 0 Å². The maximum absolute atomic E-state index is 14.1. The van der Waals surface area contributed by atoms with Gasteiger partial charge in [-0.1, -0.05) is 6.08 Å². The van der Waals surface area contributed by atoms with Crippen LogP contribution in [-0.2, 0) is 25.2 Å². The first-order valence-electron chi connectivity index (χ1n) is 7.52. The number of alkyl halides is 3. The molecule has 1 heterocycles. The molecule has 0 saturated carbocycles. The lowest BCUT2D eigenvalue weighted by Crippen LogP contribution is -2.29. The molecule has 1 aliphatic heterocycles. The van der Waals surface area contributed by atoms with Crippen LogP contribution >= 0.6 is 0 Å². The smallest absolute Gasteiger partial charge is 0.421 e. The second-order valence-electron chi connectivity index (χ2n) is 5.24. The largest absolute Gasteiger partial charge is 0.465 e. The zero-order valence-corrected chi connectivity index (χ0v) is 14.5. The average Bonchev–Trinajstić information content (AvgIpc) is 2.88. The maximum atomic E-state index is 14.1. The van der Waals surface area contributed by atoms with Gasteiger partial charge in [-0.3, -0.25) is 0 Å². The first kappa shape index (κ1) is 20.7. The number of methoxy groups -OCH3 is 2. The van der Waals surface area contributed by atoms with Gasteiger partial charge in [-0.25, -0.2) is 14.0 Å². The quantitative estimate of drug-likeness (QED) is 0.577. The predicted octanol–water partition coefficient (Wildman–Crippen LogP) is 3.21. The Morgan fingerprint density at radius 2 is 1.75 bits per heavy atom. The van der Waals surface area contributed by atoms with Gasteiger partial charge in [0, 0.05) is 6.20 Å². The molecule has 0 N–H and O–H groups in total. The third kappa shape index (κ3) is 3.73. The molecular formula is C18H12F4N2O4. The van der Waals surface area contributed by atoms with E-state index in [1.807, 2.05) is 0 Å². The van der Waals surface area contributed by atoms with Crippen molar-refractivity contribution in [2.24, 2.45) is 0 Å². The molecule has 28 heavy (non-hydrogen) atoms. The van der Waals surface area contributed by atoms with Gasteiger partial charge < -0.3 is 14.4 Å². The van der Waals surface area contributed by atoms with Gasteiger partial charge in [-0.2, -0.15) is 18.4 Å². The van der Waals surface area contributed by atoms with Crippen molar-refractivity contribution in [3.05, 3.63) is 64.8 Å². The Labute approximate surface area is 156 Å². The number of nitriles is 1. The lowest BCUT2D eigenvalue weighted by Gasteiger charge is -2.27. The van der Waals surface area contributed by atoms with E-state index in [0.29, 0.717) is 11.0 Å². The van der Waals surface area contributed by atoms with E-state index in [4.69, 9.17) is 0 Å². The van der Waals surface area contributed by atoms with E-state index in [0.717, 1.165) is 32.6 Å². The number of hydrogen-bond acceptors (Lipinski definition) is 6. The lowest BCUT2D eigenvalue weighted by molar-refractivity contribution is -0.140. The summed E-state index contributed by atoms with van der Waals surface area (Å²) in [5.74, 6) is -3.90. The molecule has 0 atom stereocenters. The molecule has 0 radical (unpaired) electrons. The van der Waals surface area contributed by atoms with Gasteiger partial charge in [0.05, 0.1) is 31.0 Å². The Bertz CT molecular complexity index is 956. The summed E-state index contributed by atoms with van der Waals surface area (Å²) < 4.78 is 64.0. The molecule has 0 fully saturated rings. The van der Waals surface area contributed by atoms with Crippen molar-refractivity contribution in [2.75, 3.05) is 19.1 Å². The topological polar surface area (TPSA) is 79.6 Å². The normalized spacial score (nSPS) is 13.8. The van der Waals surface area contributed by atoms with Crippen LogP contribution in [0.5, 0.6) is 0 Å². The van der Waals surface area contributed by atoms with E-state index in [1.54, 1.807) is 0 Å². The molecule has 0 bridgehead atoms. The Balaban J connectivity index is 2.96. The monoisotopic (exact) mass is 396 g/mol. The Hall–Kier alpha value is -3.61. The molecule has 1 aromatic carbocycles. The SMILES string of the molecule is COC(=O)C1=C(C(=O)OC)N(c2c(C#N)ccc(F)c2C(F)(F)F)C=CC=C1. The number of carbonyl (C=O) groups excluding carboxylic acids is 2. The van der Waals surface area contributed by atoms with E-state index < -0.39 is 52.0 Å². The molecule has 0 saturated heterocycles. The summed E-state index contributed by atoms with van der Waals surface area (Å²) in [7, 11) is 1.95. The summed E-state index contributed by atoms with van der Waals surface area (Å²) >= 11 is 0. The van der Waals surface area contributed by atoms with Crippen LogP contribution in [0.25, 0.3) is 0 Å². The highest BCUT2D eigenvalue weighted by molar-refractivity contribution is 6.05. The maximum Gasteiger partial charge on any atom is 0.421 e. The average molecular weight is 396 g/mol. The van der Waals surface area contributed by atoms with Crippen LogP contribution in [0.15, 0.2) is 47.8 Å². The van der Waals surface area contributed by atoms with E-state index in [9.17, 15) is 32.4 Å². The fraction of sp³-hybridized carbons (Fsp3) is 0.167. The minimum absolute atomic E-state index is 0.444. The predicted molar refractivity (Wildman–Crippen MR) is 87.9 cm³/mol. The standard InChI is InChI=1S/C18H12F4N2O4/c1-27-16(25)11-5-3-4-8-24(15(11)17(26)28-2)14-10(9-23)6-7-12(19)13(14)18(20,21)22/h3-8H,1-2H3. The summed E-state index contributed by atoms with van der Waals surface area (Å²) in [6.45, 7) is 0. The van der Waals surface area contributed by atoms with Crippen molar-refractivity contribution in [1.29, 1.82) is 5.26 Å². The first-order chi connectivity index (χ1) is 13.2. The van der Waals surface area contributed by atoms with Crippen molar-refractivity contribution >= 4 is 17.6 Å². The van der Waals surface area contributed by atoms with Crippen molar-refractivity contribution in [2.45, 2.75) is 6.18 Å². The van der Waals surface area contributed by atoms with Gasteiger partial charge in [0.1, 0.15) is 23.1 Å². The molecule has 0 unspecified atom stereocenters. The summed E-state index contributed by atoms with van der Waals surface area (Å²) in [5, 5.41) is 9.27. The molecule has 1 aromatic rings. The Kier molecular flexibility index (Phi) is 5.88. The second kappa shape index (κ2) is 7.96. The van der Waals surface area contributed by atoms with Gasteiger partial charge in [-0.05, 0) is 24.3 Å². The number of rotatable bonds is 3. The number of esters is 2. The zero-order chi connectivity index (χ0) is 21.1. The second-order valence-corrected chi connectivity index (χ2v) is 5.24. The molecule has 10 heteroatoms.